The zero-order valence-corrected chi connectivity index (χ0v) is 11.2. The zero-order chi connectivity index (χ0) is 14.4. The lowest BCUT2D eigenvalue weighted by Crippen LogP contribution is -1.94. The maximum absolute atomic E-state index is 8.96. The van der Waals surface area contributed by atoms with Crippen LogP contribution in [0.2, 0.25) is 0 Å². The van der Waals surface area contributed by atoms with Gasteiger partial charge in [-0.15, -0.1) is 0 Å². The second-order valence-corrected chi connectivity index (χ2v) is 3.88. The number of rotatable bonds is 4. The third-order valence-corrected chi connectivity index (χ3v) is 2.78. The summed E-state index contributed by atoms with van der Waals surface area (Å²) in [5, 5.41) is 8.96. The van der Waals surface area contributed by atoms with Crippen LogP contribution >= 0.6 is 0 Å². The van der Waals surface area contributed by atoms with Crippen LogP contribution in [0.4, 0.5) is 0 Å². The normalized spacial score (nSPS) is 10.8. The first-order valence-corrected chi connectivity index (χ1v) is 5.87. The van der Waals surface area contributed by atoms with Gasteiger partial charge in [0.25, 0.3) is 0 Å². The number of benzene rings is 1. The van der Waals surface area contributed by atoms with Crippen molar-refractivity contribution in [2.75, 3.05) is 14.2 Å². The quantitative estimate of drug-likeness (QED) is 0.796. The molecule has 5 nitrogen and oxygen atoms in total. The Hall–Kier alpha value is -2.87. The van der Waals surface area contributed by atoms with Gasteiger partial charge in [-0.2, -0.15) is 5.26 Å². The van der Waals surface area contributed by atoms with E-state index in [0.29, 0.717) is 11.5 Å². The summed E-state index contributed by atoms with van der Waals surface area (Å²) >= 11 is 0. The van der Waals surface area contributed by atoms with E-state index in [2.05, 4.69) is 9.97 Å². The highest BCUT2D eigenvalue weighted by Crippen LogP contribution is 2.32. The van der Waals surface area contributed by atoms with Crippen LogP contribution in [-0.2, 0) is 0 Å². The number of hydrogen-bond donors (Lipinski definition) is 0. The van der Waals surface area contributed by atoms with Crippen LogP contribution in [-0.4, -0.2) is 24.2 Å². The van der Waals surface area contributed by atoms with Crippen molar-refractivity contribution in [1.82, 2.24) is 9.97 Å². The minimum Gasteiger partial charge on any atom is -0.493 e. The predicted octanol–water partition coefficient (Wildman–Crippen LogP) is 2.45. The average molecular weight is 267 g/mol. The van der Waals surface area contributed by atoms with Gasteiger partial charge in [-0.3, -0.25) is 0 Å². The first-order chi connectivity index (χ1) is 9.80. The van der Waals surface area contributed by atoms with Crippen molar-refractivity contribution in [2.24, 2.45) is 0 Å². The van der Waals surface area contributed by atoms with Crippen LogP contribution in [0.1, 0.15) is 11.1 Å². The number of nitriles is 1. The molecule has 0 N–H and O–H groups in total. The van der Waals surface area contributed by atoms with E-state index in [9.17, 15) is 0 Å². The molecule has 100 valence electrons. The molecule has 20 heavy (non-hydrogen) atoms. The predicted molar refractivity (Wildman–Crippen MR) is 74.3 cm³/mol. The maximum Gasteiger partial charge on any atom is 0.161 e. The van der Waals surface area contributed by atoms with Crippen LogP contribution in [0, 0.1) is 11.3 Å². The molecule has 0 unspecified atom stereocenters. The lowest BCUT2D eigenvalue weighted by molar-refractivity contribution is 0.355. The Morgan fingerprint density at radius 2 is 1.80 bits per heavy atom. The van der Waals surface area contributed by atoms with Gasteiger partial charge in [-0.1, -0.05) is 6.07 Å². The molecular formula is C15H13N3O2. The molecule has 2 aromatic rings. The molecular weight excluding hydrogens is 254 g/mol. The van der Waals surface area contributed by atoms with Crippen LogP contribution in [0.25, 0.3) is 5.57 Å². The largest absolute Gasteiger partial charge is 0.493 e. The highest BCUT2D eigenvalue weighted by molar-refractivity contribution is 5.81. The number of aromatic nitrogens is 2. The van der Waals surface area contributed by atoms with E-state index in [1.54, 1.807) is 32.7 Å². The first-order valence-electron chi connectivity index (χ1n) is 5.87. The summed E-state index contributed by atoms with van der Waals surface area (Å²) in [7, 11) is 3.15. The van der Waals surface area contributed by atoms with Gasteiger partial charge < -0.3 is 9.47 Å². The van der Waals surface area contributed by atoms with Gasteiger partial charge in [0.05, 0.1) is 20.3 Å². The van der Waals surface area contributed by atoms with Crippen LogP contribution < -0.4 is 9.47 Å². The molecule has 0 saturated carbocycles. The van der Waals surface area contributed by atoms with E-state index >= 15 is 0 Å². The smallest absolute Gasteiger partial charge is 0.161 e. The van der Waals surface area contributed by atoms with E-state index in [-0.39, 0.29) is 0 Å². The number of methoxy groups -OCH3 is 2. The summed E-state index contributed by atoms with van der Waals surface area (Å²) in [6.07, 6.45) is 6.22. The van der Waals surface area contributed by atoms with Crippen LogP contribution in [0.5, 0.6) is 11.5 Å². The average Bonchev–Trinajstić information content (AvgIpc) is 2.52. The summed E-state index contributed by atoms with van der Waals surface area (Å²) in [4.78, 5) is 7.94. The third-order valence-electron chi connectivity index (χ3n) is 2.78. The van der Waals surface area contributed by atoms with E-state index in [1.807, 2.05) is 18.2 Å². The van der Waals surface area contributed by atoms with Gasteiger partial charge in [0.1, 0.15) is 6.33 Å². The van der Waals surface area contributed by atoms with Gasteiger partial charge in [0, 0.05) is 29.6 Å². The van der Waals surface area contributed by atoms with Crippen LogP contribution in [0.15, 0.2) is 43.0 Å². The van der Waals surface area contributed by atoms with E-state index < -0.39 is 0 Å². The molecule has 0 radical (unpaired) electrons. The number of ether oxygens (including phenoxy) is 2. The number of hydrogen-bond acceptors (Lipinski definition) is 5. The summed E-state index contributed by atoms with van der Waals surface area (Å²) in [5.41, 5.74) is 2.33. The molecule has 0 fully saturated rings. The second-order valence-electron chi connectivity index (χ2n) is 3.88. The fraction of sp³-hybridized carbons (Fsp3) is 0.133. The summed E-state index contributed by atoms with van der Waals surface area (Å²) in [6.45, 7) is 0. The molecule has 1 heterocycles. The van der Waals surface area contributed by atoms with Gasteiger partial charge in [0.15, 0.2) is 11.5 Å². The minimum atomic E-state index is 0.602. The highest BCUT2D eigenvalue weighted by atomic mass is 16.5. The molecule has 0 amide bonds. The van der Waals surface area contributed by atoms with Crippen molar-refractivity contribution in [3.8, 4) is 17.6 Å². The molecule has 1 aromatic carbocycles. The van der Waals surface area contributed by atoms with E-state index in [1.165, 1.54) is 12.4 Å². The molecule has 0 atom stereocenters. The van der Waals surface area contributed by atoms with Crippen molar-refractivity contribution in [3.05, 3.63) is 54.1 Å². The Labute approximate surface area is 117 Å². The van der Waals surface area contributed by atoms with Crippen molar-refractivity contribution >= 4 is 5.57 Å². The minimum absolute atomic E-state index is 0.602. The highest BCUT2D eigenvalue weighted by Gasteiger charge is 2.10. The van der Waals surface area contributed by atoms with Crippen molar-refractivity contribution in [1.29, 1.82) is 5.26 Å². The van der Waals surface area contributed by atoms with Gasteiger partial charge in [0.2, 0.25) is 0 Å². The maximum atomic E-state index is 8.96. The van der Waals surface area contributed by atoms with Gasteiger partial charge in [-0.25, -0.2) is 9.97 Å². The SMILES string of the molecule is COc1ccc(/C(=C\C#N)c2cncnc2)cc1OC. The number of nitrogens with zero attached hydrogens (tertiary/aromatic N) is 3. The van der Waals surface area contributed by atoms with Crippen LogP contribution in [0.3, 0.4) is 0 Å². The molecule has 0 spiro atoms. The fourth-order valence-corrected chi connectivity index (χ4v) is 1.84. The van der Waals surface area contributed by atoms with Gasteiger partial charge in [-0.05, 0) is 17.7 Å². The zero-order valence-electron chi connectivity index (χ0n) is 11.2. The molecule has 0 aliphatic rings. The lowest BCUT2D eigenvalue weighted by Gasteiger charge is -2.11. The van der Waals surface area contributed by atoms with E-state index in [4.69, 9.17) is 14.7 Å². The molecule has 0 bridgehead atoms. The Bertz CT molecular complexity index is 661. The lowest BCUT2D eigenvalue weighted by atomic mass is 9.99. The molecule has 1 aromatic heterocycles. The summed E-state index contributed by atoms with van der Waals surface area (Å²) in [5.74, 6) is 1.24. The molecule has 2 rings (SSSR count). The number of allylic oxidation sites excluding steroid dienone is 1. The van der Waals surface area contributed by atoms with Crippen molar-refractivity contribution in [2.45, 2.75) is 0 Å². The molecule has 0 aliphatic carbocycles. The topological polar surface area (TPSA) is 68.0 Å². The Morgan fingerprint density at radius 3 is 2.40 bits per heavy atom. The molecule has 0 saturated heterocycles. The Kier molecular flexibility index (Phi) is 4.30. The van der Waals surface area contributed by atoms with Gasteiger partial charge >= 0.3 is 0 Å². The molecule has 0 aliphatic heterocycles. The Morgan fingerprint density at radius 1 is 1.10 bits per heavy atom. The third kappa shape index (κ3) is 2.75. The standard InChI is InChI=1S/C15H13N3O2/c1-19-14-4-3-11(7-15(14)20-2)13(5-6-16)12-8-17-10-18-9-12/h3-5,7-10H,1-2H3/b13-5+. The van der Waals surface area contributed by atoms with Crippen molar-refractivity contribution in [3.63, 3.8) is 0 Å². The first kappa shape index (κ1) is 13.6. The second kappa shape index (κ2) is 6.34. The van der Waals surface area contributed by atoms with Crippen molar-refractivity contribution < 1.29 is 9.47 Å². The summed E-state index contributed by atoms with van der Waals surface area (Å²) < 4.78 is 10.5. The monoisotopic (exact) mass is 267 g/mol. The molecule has 5 heteroatoms. The van der Waals surface area contributed by atoms with E-state index in [0.717, 1.165) is 16.7 Å². The Balaban J connectivity index is 2.52. The summed E-state index contributed by atoms with van der Waals surface area (Å²) in [6, 6.07) is 7.51. The fourth-order valence-electron chi connectivity index (χ4n) is 1.84.